The van der Waals surface area contributed by atoms with Crippen molar-refractivity contribution in [2.24, 2.45) is 17.8 Å². The van der Waals surface area contributed by atoms with Crippen LogP contribution in [0.2, 0.25) is 0 Å². The van der Waals surface area contributed by atoms with Crippen LogP contribution in [0.15, 0.2) is 18.3 Å². The molecule has 6 rings (SSSR count). The largest absolute Gasteiger partial charge is 0.481 e. The fourth-order valence-electron chi connectivity index (χ4n) is 4.97. The van der Waals surface area contributed by atoms with Crippen molar-refractivity contribution in [3.8, 4) is 11.4 Å². The topological polar surface area (TPSA) is 104 Å². The molecule has 0 saturated heterocycles. The highest BCUT2D eigenvalue weighted by Gasteiger charge is 2.47. The number of nitrogens with zero attached hydrogens (tertiary/aromatic N) is 3. The number of halogens is 3. The van der Waals surface area contributed by atoms with Gasteiger partial charge in [-0.25, -0.2) is 23.1 Å². The zero-order chi connectivity index (χ0) is 21.0. The number of H-pyrrole nitrogens is 1. The van der Waals surface area contributed by atoms with Gasteiger partial charge in [-0.2, -0.15) is 5.10 Å². The van der Waals surface area contributed by atoms with Crippen LogP contribution in [0.25, 0.3) is 22.4 Å². The number of rotatable bonds is 4. The van der Waals surface area contributed by atoms with E-state index in [0.717, 1.165) is 37.9 Å². The predicted octanol–water partition coefficient (Wildman–Crippen LogP) is 3.74. The summed E-state index contributed by atoms with van der Waals surface area (Å²) in [7, 11) is 0. The Morgan fingerprint density at radius 2 is 1.83 bits per heavy atom. The molecule has 7 nitrogen and oxygen atoms in total. The molecule has 0 aliphatic heterocycles. The summed E-state index contributed by atoms with van der Waals surface area (Å²) in [5, 5.41) is 19.3. The van der Waals surface area contributed by atoms with E-state index in [1.807, 2.05) is 0 Å². The number of hydrogen-bond donors (Lipinski definition) is 3. The molecule has 3 aliphatic rings. The lowest BCUT2D eigenvalue weighted by Crippen LogP contribution is -2.51. The van der Waals surface area contributed by atoms with Crippen LogP contribution in [0, 0.1) is 35.2 Å². The summed E-state index contributed by atoms with van der Waals surface area (Å²) in [5.41, 5.74) is -0.0129. The second-order valence-corrected chi connectivity index (χ2v) is 7.98. The van der Waals surface area contributed by atoms with Gasteiger partial charge in [0.1, 0.15) is 11.5 Å². The zero-order valence-corrected chi connectivity index (χ0v) is 15.7. The van der Waals surface area contributed by atoms with Crippen LogP contribution < -0.4 is 5.32 Å². The van der Waals surface area contributed by atoms with Gasteiger partial charge in [-0.1, -0.05) is 0 Å². The van der Waals surface area contributed by atoms with E-state index in [9.17, 15) is 23.1 Å². The molecule has 0 unspecified atom stereocenters. The van der Waals surface area contributed by atoms with Crippen molar-refractivity contribution < 1.29 is 23.1 Å². The minimum Gasteiger partial charge on any atom is -0.481 e. The fourth-order valence-corrected chi connectivity index (χ4v) is 4.97. The molecule has 10 heteroatoms. The third-order valence-electron chi connectivity index (χ3n) is 6.35. The summed E-state index contributed by atoms with van der Waals surface area (Å²) < 4.78 is 42.8. The van der Waals surface area contributed by atoms with Gasteiger partial charge >= 0.3 is 5.97 Å². The Balaban J connectivity index is 1.55. The van der Waals surface area contributed by atoms with Crippen molar-refractivity contribution in [1.29, 1.82) is 0 Å². The van der Waals surface area contributed by atoms with Crippen LogP contribution in [-0.4, -0.2) is 37.3 Å². The number of carboxylic acid groups (broad SMARTS) is 1. The van der Waals surface area contributed by atoms with E-state index in [0.29, 0.717) is 6.07 Å². The van der Waals surface area contributed by atoms with Gasteiger partial charge in [0.25, 0.3) is 0 Å². The van der Waals surface area contributed by atoms with Crippen LogP contribution in [0.3, 0.4) is 0 Å². The molecule has 3 aromatic rings. The molecule has 0 spiro atoms. The number of pyridine rings is 2. The Bertz CT molecular complexity index is 1140. The second-order valence-electron chi connectivity index (χ2n) is 7.98. The lowest BCUT2D eigenvalue weighted by molar-refractivity contribution is -0.148. The van der Waals surface area contributed by atoms with Crippen LogP contribution >= 0.6 is 0 Å². The monoisotopic (exact) mass is 417 g/mol. The van der Waals surface area contributed by atoms with Gasteiger partial charge < -0.3 is 10.4 Å². The smallest absolute Gasteiger partial charge is 0.308 e. The number of aliphatic carboxylic acids is 1. The van der Waals surface area contributed by atoms with E-state index in [-0.39, 0.29) is 40.1 Å². The molecule has 3 aliphatic carbocycles. The van der Waals surface area contributed by atoms with Gasteiger partial charge in [0.15, 0.2) is 23.1 Å². The highest BCUT2D eigenvalue weighted by Crippen LogP contribution is 2.46. The number of fused-ring (bicyclic) bond motifs is 4. The van der Waals surface area contributed by atoms with Crippen molar-refractivity contribution in [2.45, 2.75) is 31.7 Å². The molecule has 0 radical (unpaired) electrons. The van der Waals surface area contributed by atoms with Gasteiger partial charge in [-0.05, 0) is 43.6 Å². The molecule has 30 heavy (non-hydrogen) atoms. The van der Waals surface area contributed by atoms with Crippen LogP contribution in [0.1, 0.15) is 25.7 Å². The van der Waals surface area contributed by atoms with E-state index >= 15 is 0 Å². The van der Waals surface area contributed by atoms with Gasteiger partial charge in [0.2, 0.25) is 0 Å². The van der Waals surface area contributed by atoms with Crippen molar-refractivity contribution in [1.82, 2.24) is 20.2 Å². The normalized spacial score (nSPS) is 25.6. The Morgan fingerprint density at radius 3 is 2.57 bits per heavy atom. The first-order valence-electron chi connectivity index (χ1n) is 9.77. The van der Waals surface area contributed by atoms with Gasteiger partial charge in [0, 0.05) is 12.1 Å². The first-order valence-corrected chi connectivity index (χ1v) is 9.77. The second kappa shape index (κ2) is 6.96. The average molecular weight is 417 g/mol. The third-order valence-corrected chi connectivity index (χ3v) is 6.35. The minimum absolute atomic E-state index is 0.0265. The molecular formula is C20H18F3N5O2. The van der Waals surface area contributed by atoms with E-state index in [1.165, 1.54) is 0 Å². The maximum absolute atomic E-state index is 14.6. The Morgan fingerprint density at radius 1 is 1.10 bits per heavy atom. The Hall–Kier alpha value is -3.17. The van der Waals surface area contributed by atoms with Gasteiger partial charge in [-0.3, -0.25) is 9.89 Å². The highest BCUT2D eigenvalue weighted by atomic mass is 19.1. The molecule has 2 bridgehead atoms. The molecule has 3 N–H and O–H groups in total. The third kappa shape index (κ3) is 2.98. The first kappa shape index (κ1) is 18.8. The number of aromatic nitrogens is 4. The molecule has 0 aromatic carbocycles. The van der Waals surface area contributed by atoms with Crippen molar-refractivity contribution in [3.63, 3.8) is 0 Å². The number of hydrogen-bond acceptors (Lipinski definition) is 5. The minimum atomic E-state index is -0.951. The molecule has 0 amide bonds. The summed E-state index contributed by atoms with van der Waals surface area (Å²) in [6, 6.07) is 1.33. The standard InChI is InChI=1S/C20H18F3N5O2/c21-10-5-11-16(27-28-18(11)24-7-10)17-12(22)6-13(23)19(26-17)25-15-9-3-1-8(2-4-9)14(15)20(29)30/h5-9,14-15H,1-4H2,(H,25,26)(H,29,30)(H,24,27,28)/t8?,9?,14-,15-/m1/s1. The van der Waals surface area contributed by atoms with Crippen molar-refractivity contribution in [2.75, 3.05) is 5.32 Å². The van der Waals surface area contributed by atoms with E-state index in [1.54, 1.807) is 0 Å². The molecule has 3 fully saturated rings. The maximum atomic E-state index is 14.6. The summed E-state index contributed by atoms with van der Waals surface area (Å²) in [5.74, 6) is -4.21. The number of carboxylic acids is 1. The van der Waals surface area contributed by atoms with Crippen LogP contribution in [0.4, 0.5) is 19.0 Å². The fraction of sp³-hybridized carbons (Fsp3) is 0.400. The van der Waals surface area contributed by atoms with Crippen molar-refractivity contribution in [3.05, 3.63) is 35.8 Å². The highest BCUT2D eigenvalue weighted by molar-refractivity contribution is 5.90. The lowest BCUT2D eigenvalue weighted by atomic mass is 9.61. The summed E-state index contributed by atoms with van der Waals surface area (Å²) >= 11 is 0. The summed E-state index contributed by atoms with van der Waals surface area (Å²) in [6.45, 7) is 0. The first-order chi connectivity index (χ1) is 14.4. The van der Waals surface area contributed by atoms with Crippen LogP contribution in [0.5, 0.6) is 0 Å². The maximum Gasteiger partial charge on any atom is 0.308 e. The lowest BCUT2D eigenvalue weighted by Gasteiger charge is -2.47. The van der Waals surface area contributed by atoms with E-state index in [4.69, 9.17) is 0 Å². The molecule has 3 aromatic heterocycles. The summed E-state index contributed by atoms with van der Waals surface area (Å²) in [6.07, 6.45) is 4.38. The number of aromatic amines is 1. The molecule has 156 valence electrons. The van der Waals surface area contributed by atoms with E-state index in [2.05, 4.69) is 25.5 Å². The SMILES string of the molecule is O=C(O)[C@@H]1C2CCC(CC2)[C@H]1Nc1nc(-c2[nH]nc3ncc(F)cc23)c(F)cc1F. The number of carbonyl (C=O) groups is 1. The number of nitrogens with one attached hydrogen (secondary N) is 2. The van der Waals surface area contributed by atoms with Gasteiger partial charge in [-0.15, -0.1) is 0 Å². The summed E-state index contributed by atoms with van der Waals surface area (Å²) in [4.78, 5) is 19.8. The van der Waals surface area contributed by atoms with E-state index < -0.39 is 35.4 Å². The molecule has 3 saturated carbocycles. The van der Waals surface area contributed by atoms with Gasteiger partial charge in [0.05, 0.1) is 23.2 Å². The van der Waals surface area contributed by atoms with Crippen molar-refractivity contribution >= 4 is 22.8 Å². The molecular weight excluding hydrogens is 399 g/mol. The number of anilines is 1. The average Bonchev–Trinajstić information content (AvgIpc) is 3.13. The Labute approximate surface area is 168 Å². The predicted molar refractivity (Wildman–Crippen MR) is 101 cm³/mol. The zero-order valence-electron chi connectivity index (χ0n) is 15.7. The van der Waals surface area contributed by atoms with Crippen LogP contribution in [-0.2, 0) is 4.79 Å². The molecule has 2 atom stereocenters. The molecule has 3 heterocycles. The Kier molecular flexibility index (Phi) is 4.37. The quantitative estimate of drug-likeness (QED) is 0.598.